The number of Topliss-reactive ketones (excluding diaryl/α,β-unsaturated/α-hetero) is 1. The van der Waals surface area contributed by atoms with Gasteiger partial charge in [-0.1, -0.05) is 26.0 Å². The third kappa shape index (κ3) is 4.47. The van der Waals surface area contributed by atoms with E-state index in [1.165, 1.54) is 23.1 Å². The number of ether oxygens (including phenoxy) is 1. The van der Waals surface area contributed by atoms with Crippen LogP contribution in [0.1, 0.15) is 48.1 Å². The van der Waals surface area contributed by atoms with Crippen LogP contribution in [0.2, 0.25) is 0 Å². The monoisotopic (exact) mass is 542 g/mol. The van der Waals surface area contributed by atoms with Crippen molar-refractivity contribution < 1.29 is 23.8 Å². The lowest BCUT2D eigenvalue weighted by Crippen LogP contribution is -2.30. The molecule has 1 atom stereocenters. The van der Waals surface area contributed by atoms with Gasteiger partial charge in [-0.25, -0.2) is 9.37 Å². The summed E-state index contributed by atoms with van der Waals surface area (Å²) in [7, 11) is 5.41. The fraction of sp³-hybridized carbons (Fsp3) is 0.258. The van der Waals surface area contributed by atoms with Crippen LogP contribution in [0.25, 0.3) is 16.8 Å². The number of H-pyrrole nitrogens is 1. The lowest BCUT2D eigenvalue weighted by Gasteiger charge is -2.24. The predicted molar refractivity (Wildman–Crippen MR) is 153 cm³/mol. The van der Waals surface area contributed by atoms with Gasteiger partial charge in [-0.2, -0.15) is 0 Å². The first-order valence-corrected chi connectivity index (χ1v) is 12.9. The van der Waals surface area contributed by atoms with Crippen molar-refractivity contribution in [2.75, 3.05) is 31.0 Å². The molecular formula is C31H31FN4O4. The maximum Gasteiger partial charge on any atom is 0.302 e. The Bertz CT molecular complexity index is 1670. The van der Waals surface area contributed by atoms with Gasteiger partial charge in [0.2, 0.25) is 5.95 Å². The Morgan fingerprint density at radius 1 is 1.10 bits per heavy atom. The first kappa shape index (κ1) is 26.9. The van der Waals surface area contributed by atoms with E-state index in [0.29, 0.717) is 33.5 Å². The average molecular weight is 543 g/mol. The smallest absolute Gasteiger partial charge is 0.302 e. The van der Waals surface area contributed by atoms with Crippen LogP contribution in [-0.4, -0.2) is 48.0 Å². The zero-order chi connectivity index (χ0) is 28.9. The Morgan fingerprint density at radius 3 is 2.42 bits per heavy atom. The molecule has 5 rings (SSSR count). The van der Waals surface area contributed by atoms with Gasteiger partial charge >= 0.3 is 5.91 Å². The first-order chi connectivity index (χ1) is 19.0. The number of methoxy groups -OCH3 is 1. The largest absolute Gasteiger partial charge is 0.507 e. The van der Waals surface area contributed by atoms with Crippen LogP contribution in [0, 0.1) is 12.7 Å². The number of nitrogens with zero attached hydrogens (tertiary/aromatic N) is 3. The topological polar surface area (TPSA) is 98.8 Å². The summed E-state index contributed by atoms with van der Waals surface area (Å²) >= 11 is 0. The van der Waals surface area contributed by atoms with Gasteiger partial charge in [-0.15, -0.1) is 0 Å². The molecule has 2 heterocycles. The van der Waals surface area contributed by atoms with Crippen LogP contribution >= 0.6 is 0 Å². The number of halogens is 1. The average Bonchev–Trinajstić information content (AvgIpc) is 3.45. The summed E-state index contributed by atoms with van der Waals surface area (Å²) < 4.78 is 19.5. The Kier molecular flexibility index (Phi) is 6.83. The second-order valence-electron chi connectivity index (χ2n) is 10.4. The first-order valence-electron chi connectivity index (χ1n) is 12.9. The number of amides is 1. The van der Waals surface area contributed by atoms with Gasteiger partial charge in [0.25, 0.3) is 5.78 Å². The minimum Gasteiger partial charge on any atom is -0.507 e. The zero-order valence-corrected chi connectivity index (χ0v) is 23.2. The number of anilines is 2. The number of imidazole rings is 1. The highest BCUT2D eigenvalue weighted by atomic mass is 19.1. The second-order valence-corrected chi connectivity index (χ2v) is 10.4. The molecule has 9 heteroatoms. The van der Waals surface area contributed by atoms with Crippen LogP contribution in [0.15, 0.2) is 60.2 Å². The van der Waals surface area contributed by atoms with Gasteiger partial charge in [0.1, 0.15) is 17.3 Å². The normalized spacial score (nSPS) is 16.8. The highest BCUT2D eigenvalue weighted by Crippen LogP contribution is 2.43. The van der Waals surface area contributed by atoms with Gasteiger partial charge in [-0.3, -0.25) is 14.5 Å². The van der Waals surface area contributed by atoms with E-state index in [4.69, 9.17) is 4.74 Å². The van der Waals surface area contributed by atoms with Gasteiger partial charge < -0.3 is 19.7 Å². The number of aryl methyl sites for hydroxylation is 1. The van der Waals surface area contributed by atoms with Crippen LogP contribution in [0.5, 0.6) is 5.75 Å². The zero-order valence-electron chi connectivity index (χ0n) is 23.2. The van der Waals surface area contributed by atoms with Gasteiger partial charge in [0, 0.05) is 25.3 Å². The highest BCUT2D eigenvalue weighted by Gasteiger charge is 2.48. The standard InChI is InChI=1S/C31H31FN4O4/c1-16(2)21-15-22(17(3)13-25(21)40-6)28(37)26-27(18-7-10-20(11-8-18)35(4)5)36(30(39)29(26)38)31-33-23-12-9-19(32)14-24(23)34-31/h7-16,27,37H,1-6H3,(H,33,34)/b28-26+. The minimum absolute atomic E-state index is 0.0581. The lowest BCUT2D eigenvalue weighted by atomic mass is 9.91. The second kappa shape index (κ2) is 10.1. The molecule has 4 aromatic rings. The summed E-state index contributed by atoms with van der Waals surface area (Å²) in [6.45, 7) is 5.83. The van der Waals surface area contributed by atoms with Crippen molar-refractivity contribution in [3.8, 4) is 5.75 Å². The van der Waals surface area contributed by atoms with Gasteiger partial charge in [-0.05, 0) is 72.0 Å². The molecule has 1 aromatic heterocycles. The highest BCUT2D eigenvalue weighted by molar-refractivity contribution is 6.51. The maximum atomic E-state index is 13.9. The number of hydrogen-bond donors (Lipinski definition) is 2. The molecule has 1 aliphatic heterocycles. The van der Waals surface area contributed by atoms with E-state index < -0.39 is 23.5 Å². The van der Waals surface area contributed by atoms with Crippen LogP contribution in [0.4, 0.5) is 16.0 Å². The molecule has 0 radical (unpaired) electrons. The molecule has 0 bridgehead atoms. The summed E-state index contributed by atoms with van der Waals surface area (Å²) in [5.74, 6) is -1.60. The molecule has 0 aliphatic carbocycles. The van der Waals surface area contributed by atoms with Crippen molar-refractivity contribution in [3.63, 3.8) is 0 Å². The summed E-state index contributed by atoms with van der Waals surface area (Å²) in [5, 5.41) is 11.7. The van der Waals surface area contributed by atoms with E-state index in [2.05, 4.69) is 9.97 Å². The van der Waals surface area contributed by atoms with Crippen molar-refractivity contribution in [2.45, 2.75) is 32.7 Å². The van der Waals surface area contributed by atoms with Crippen LogP contribution < -0.4 is 14.5 Å². The molecule has 0 saturated carbocycles. The number of benzene rings is 3. The molecule has 1 amide bonds. The van der Waals surface area contributed by atoms with E-state index in [-0.39, 0.29) is 23.2 Å². The molecule has 1 aliphatic rings. The van der Waals surface area contributed by atoms with Gasteiger partial charge in [0.15, 0.2) is 0 Å². The number of hydrogen-bond acceptors (Lipinski definition) is 6. The molecule has 8 nitrogen and oxygen atoms in total. The molecule has 0 spiro atoms. The van der Waals surface area contributed by atoms with Crippen molar-refractivity contribution in [1.29, 1.82) is 0 Å². The SMILES string of the molecule is COc1cc(C)c(/C(O)=C2\C(=O)C(=O)N(c3nc4ccc(F)cc4[nH]3)C2c2ccc(N(C)C)cc2)cc1C(C)C. The van der Waals surface area contributed by atoms with Crippen molar-refractivity contribution >= 4 is 40.1 Å². The quantitative estimate of drug-likeness (QED) is 0.181. The summed E-state index contributed by atoms with van der Waals surface area (Å²) in [4.78, 5) is 37.9. The molecule has 206 valence electrons. The summed E-state index contributed by atoms with van der Waals surface area (Å²) in [5.41, 5.74) is 4.27. The number of aliphatic hydroxyl groups excluding tert-OH is 1. The minimum atomic E-state index is -0.981. The number of carbonyl (C=O) groups excluding carboxylic acids is 2. The number of ketones is 1. The van der Waals surface area contributed by atoms with E-state index in [1.807, 2.05) is 70.1 Å². The molecule has 1 saturated heterocycles. The number of carbonyl (C=O) groups is 2. The fourth-order valence-electron chi connectivity index (χ4n) is 5.13. The maximum absolute atomic E-state index is 13.9. The Balaban J connectivity index is 1.75. The molecule has 1 unspecified atom stereocenters. The molecule has 3 aromatic carbocycles. The van der Waals surface area contributed by atoms with Crippen molar-refractivity contribution in [2.24, 2.45) is 0 Å². The van der Waals surface area contributed by atoms with E-state index in [9.17, 15) is 19.1 Å². The number of rotatable bonds is 6. The molecular weight excluding hydrogens is 511 g/mol. The van der Waals surface area contributed by atoms with Crippen molar-refractivity contribution in [3.05, 3.63) is 88.2 Å². The third-order valence-corrected chi connectivity index (χ3v) is 7.28. The van der Waals surface area contributed by atoms with Crippen LogP contribution in [-0.2, 0) is 9.59 Å². The molecule has 1 fully saturated rings. The predicted octanol–water partition coefficient (Wildman–Crippen LogP) is 5.83. The van der Waals surface area contributed by atoms with Crippen molar-refractivity contribution in [1.82, 2.24) is 9.97 Å². The fourth-order valence-corrected chi connectivity index (χ4v) is 5.13. The number of aliphatic hydroxyl groups is 1. The number of aromatic amines is 1. The summed E-state index contributed by atoms with van der Waals surface area (Å²) in [6, 6.07) is 14.1. The number of fused-ring (bicyclic) bond motifs is 1. The number of aromatic nitrogens is 2. The molecule has 40 heavy (non-hydrogen) atoms. The van der Waals surface area contributed by atoms with E-state index in [0.717, 1.165) is 11.3 Å². The molecule has 2 N–H and O–H groups in total. The van der Waals surface area contributed by atoms with Crippen LogP contribution in [0.3, 0.4) is 0 Å². The third-order valence-electron chi connectivity index (χ3n) is 7.28. The Hall–Kier alpha value is -4.66. The van der Waals surface area contributed by atoms with Gasteiger partial charge in [0.05, 0.1) is 29.8 Å². The Morgan fingerprint density at radius 2 is 1.80 bits per heavy atom. The van der Waals surface area contributed by atoms with E-state index in [1.54, 1.807) is 13.2 Å². The number of nitrogens with one attached hydrogen (secondary N) is 1. The van der Waals surface area contributed by atoms with E-state index >= 15 is 0 Å². The Labute approximate surface area is 231 Å². The summed E-state index contributed by atoms with van der Waals surface area (Å²) in [6.07, 6.45) is 0. The lowest BCUT2D eigenvalue weighted by molar-refractivity contribution is -0.132.